The molecule has 0 unspecified atom stereocenters. The lowest BCUT2D eigenvalue weighted by molar-refractivity contribution is 0.0764. The highest BCUT2D eigenvalue weighted by molar-refractivity contribution is 5.92. The molecule has 18 heavy (non-hydrogen) atoms. The van der Waals surface area contributed by atoms with Crippen LogP contribution in [0.15, 0.2) is 16.9 Å². The van der Waals surface area contributed by atoms with Crippen LogP contribution in [0, 0.1) is 5.92 Å². The van der Waals surface area contributed by atoms with Crippen LogP contribution >= 0.6 is 0 Å². The molecular formula is C13H21N3O2. The Labute approximate surface area is 107 Å². The second kappa shape index (κ2) is 6.33. The van der Waals surface area contributed by atoms with Crippen molar-refractivity contribution in [2.24, 2.45) is 5.92 Å². The number of rotatable bonds is 5. The minimum atomic E-state index is -0.167. The van der Waals surface area contributed by atoms with Gasteiger partial charge in [-0.05, 0) is 25.8 Å². The third kappa shape index (κ3) is 3.42. The summed E-state index contributed by atoms with van der Waals surface area (Å²) in [5, 5.41) is 4.14. The molecule has 0 aliphatic carbocycles. The Morgan fingerprint density at radius 3 is 2.44 bits per heavy atom. The van der Waals surface area contributed by atoms with Gasteiger partial charge in [-0.25, -0.2) is 4.68 Å². The summed E-state index contributed by atoms with van der Waals surface area (Å²) < 4.78 is 1.36. The van der Waals surface area contributed by atoms with Crippen LogP contribution in [0.2, 0.25) is 0 Å². The van der Waals surface area contributed by atoms with E-state index in [1.54, 1.807) is 4.90 Å². The molecule has 5 heteroatoms. The lowest BCUT2D eigenvalue weighted by Gasteiger charge is -2.18. The van der Waals surface area contributed by atoms with Gasteiger partial charge in [0.05, 0.1) is 0 Å². The number of carbonyl (C=O) groups is 1. The minimum Gasteiger partial charge on any atom is -0.338 e. The monoisotopic (exact) mass is 251 g/mol. The van der Waals surface area contributed by atoms with Crippen molar-refractivity contribution in [2.75, 3.05) is 13.1 Å². The molecule has 0 spiro atoms. The molecule has 0 saturated heterocycles. The molecule has 0 fully saturated rings. The fraction of sp³-hybridized carbons (Fsp3) is 0.615. The quantitative estimate of drug-likeness (QED) is 0.794. The minimum absolute atomic E-state index is 0.127. The summed E-state index contributed by atoms with van der Waals surface area (Å²) in [6.45, 7) is 9.66. The van der Waals surface area contributed by atoms with E-state index >= 15 is 0 Å². The SMILES string of the molecule is CCN(CC)C(=O)c1ccc(=O)n(CC(C)C)n1. The average Bonchev–Trinajstić information content (AvgIpc) is 2.32. The number of nitrogens with zero attached hydrogens (tertiary/aromatic N) is 3. The predicted octanol–water partition coefficient (Wildman–Crippen LogP) is 1.38. The first-order valence-corrected chi connectivity index (χ1v) is 6.37. The topological polar surface area (TPSA) is 55.2 Å². The molecule has 0 aliphatic rings. The lowest BCUT2D eigenvalue weighted by Crippen LogP contribution is -2.34. The predicted molar refractivity (Wildman–Crippen MR) is 70.6 cm³/mol. The first kappa shape index (κ1) is 14.4. The summed E-state index contributed by atoms with van der Waals surface area (Å²) in [4.78, 5) is 25.4. The van der Waals surface area contributed by atoms with Crippen LogP contribution in [0.25, 0.3) is 0 Å². The first-order valence-electron chi connectivity index (χ1n) is 6.37. The molecule has 100 valence electrons. The van der Waals surface area contributed by atoms with Crippen molar-refractivity contribution in [1.82, 2.24) is 14.7 Å². The first-order chi connectivity index (χ1) is 8.49. The van der Waals surface area contributed by atoms with Gasteiger partial charge in [-0.1, -0.05) is 13.8 Å². The lowest BCUT2D eigenvalue weighted by atomic mass is 10.2. The normalized spacial score (nSPS) is 10.7. The molecular weight excluding hydrogens is 230 g/mol. The molecule has 0 aromatic carbocycles. The van der Waals surface area contributed by atoms with Gasteiger partial charge in [0.25, 0.3) is 11.5 Å². The summed E-state index contributed by atoms with van der Waals surface area (Å²) in [6.07, 6.45) is 0. The summed E-state index contributed by atoms with van der Waals surface area (Å²) in [5.74, 6) is 0.187. The Hall–Kier alpha value is -1.65. The van der Waals surface area contributed by atoms with Gasteiger partial charge >= 0.3 is 0 Å². The molecule has 0 atom stereocenters. The maximum absolute atomic E-state index is 12.1. The Bertz CT molecular complexity index is 462. The molecule has 1 aromatic rings. The maximum Gasteiger partial charge on any atom is 0.274 e. The largest absolute Gasteiger partial charge is 0.338 e. The van der Waals surface area contributed by atoms with Gasteiger partial charge in [-0.3, -0.25) is 9.59 Å². The van der Waals surface area contributed by atoms with E-state index in [1.807, 2.05) is 27.7 Å². The van der Waals surface area contributed by atoms with Crippen LogP contribution in [-0.2, 0) is 6.54 Å². The van der Waals surface area contributed by atoms with E-state index in [-0.39, 0.29) is 11.5 Å². The van der Waals surface area contributed by atoms with Gasteiger partial charge in [-0.15, -0.1) is 0 Å². The average molecular weight is 251 g/mol. The van der Waals surface area contributed by atoms with Crippen molar-refractivity contribution in [1.29, 1.82) is 0 Å². The molecule has 0 saturated carbocycles. The van der Waals surface area contributed by atoms with Crippen LogP contribution in [0.3, 0.4) is 0 Å². The van der Waals surface area contributed by atoms with Crippen LogP contribution in [0.5, 0.6) is 0 Å². The molecule has 1 heterocycles. The van der Waals surface area contributed by atoms with Crippen molar-refractivity contribution >= 4 is 5.91 Å². The highest BCUT2D eigenvalue weighted by Crippen LogP contribution is 2.01. The van der Waals surface area contributed by atoms with Gasteiger partial charge in [0, 0.05) is 25.7 Å². The molecule has 0 radical (unpaired) electrons. The number of aromatic nitrogens is 2. The summed E-state index contributed by atoms with van der Waals surface area (Å²) in [7, 11) is 0. The van der Waals surface area contributed by atoms with Crippen LogP contribution in [0.1, 0.15) is 38.2 Å². The smallest absolute Gasteiger partial charge is 0.274 e. The molecule has 0 N–H and O–H groups in total. The van der Waals surface area contributed by atoms with Crippen molar-refractivity contribution in [2.45, 2.75) is 34.2 Å². The number of amides is 1. The van der Waals surface area contributed by atoms with E-state index in [0.717, 1.165) is 0 Å². The van der Waals surface area contributed by atoms with E-state index in [2.05, 4.69) is 5.10 Å². The third-order valence-corrected chi connectivity index (χ3v) is 2.67. The highest BCUT2D eigenvalue weighted by Gasteiger charge is 2.15. The Morgan fingerprint density at radius 2 is 1.94 bits per heavy atom. The fourth-order valence-electron chi connectivity index (χ4n) is 1.71. The second-order valence-corrected chi connectivity index (χ2v) is 4.61. The Kier molecular flexibility index (Phi) is 5.07. The summed E-state index contributed by atoms with van der Waals surface area (Å²) >= 11 is 0. The standard InChI is InChI=1S/C13H21N3O2/c1-5-15(6-2)13(18)11-7-8-12(17)16(14-11)9-10(3)4/h7-8,10H,5-6,9H2,1-4H3. The molecule has 1 rings (SSSR count). The highest BCUT2D eigenvalue weighted by atomic mass is 16.2. The third-order valence-electron chi connectivity index (χ3n) is 2.67. The molecule has 0 aliphatic heterocycles. The zero-order valence-electron chi connectivity index (χ0n) is 11.5. The fourth-order valence-corrected chi connectivity index (χ4v) is 1.71. The summed E-state index contributed by atoms with van der Waals surface area (Å²) in [6, 6.07) is 2.91. The maximum atomic E-state index is 12.1. The molecule has 5 nitrogen and oxygen atoms in total. The zero-order valence-corrected chi connectivity index (χ0v) is 11.5. The van der Waals surface area contributed by atoms with Crippen molar-refractivity contribution in [3.05, 3.63) is 28.2 Å². The zero-order chi connectivity index (χ0) is 13.7. The van der Waals surface area contributed by atoms with E-state index in [1.165, 1.54) is 16.8 Å². The molecule has 0 bridgehead atoms. The van der Waals surface area contributed by atoms with Crippen molar-refractivity contribution in [3.63, 3.8) is 0 Å². The van der Waals surface area contributed by atoms with Gasteiger partial charge < -0.3 is 4.90 Å². The Morgan fingerprint density at radius 1 is 1.33 bits per heavy atom. The van der Waals surface area contributed by atoms with Crippen LogP contribution < -0.4 is 5.56 Å². The van der Waals surface area contributed by atoms with E-state index < -0.39 is 0 Å². The van der Waals surface area contributed by atoms with Crippen LogP contribution in [-0.4, -0.2) is 33.7 Å². The van der Waals surface area contributed by atoms with E-state index in [4.69, 9.17) is 0 Å². The van der Waals surface area contributed by atoms with Gasteiger partial charge in [0.15, 0.2) is 0 Å². The Balaban J connectivity index is 3.04. The van der Waals surface area contributed by atoms with E-state index in [9.17, 15) is 9.59 Å². The van der Waals surface area contributed by atoms with Crippen molar-refractivity contribution < 1.29 is 4.79 Å². The number of carbonyl (C=O) groups excluding carboxylic acids is 1. The van der Waals surface area contributed by atoms with Gasteiger partial charge in [0.2, 0.25) is 0 Å². The second-order valence-electron chi connectivity index (χ2n) is 4.61. The summed E-state index contributed by atoms with van der Waals surface area (Å²) in [5.41, 5.74) is 0.166. The van der Waals surface area contributed by atoms with Gasteiger partial charge in [0.1, 0.15) is 5.69 Å². The molecule has 1 amide bonds. The number of hydrogen-bond donors (Lipinski definition) is 0. The molecule has 1 aromatic heterocycles. The van der Waals surface area contributed by atoms with Crippen LogP contribution in [0.4, 0.5) is 0 Å². The van der Waals surface area contributed by atoms with Crippen molar-refractivity contribution in [3.8, 4) is 0 Å². The van der Waals surface area contributed by atoms with Gasteiger partial charge in [-0.2, -0.15) is 5.10 Å². The van der Waals surface area contributed by atoms with E-state index in [0.29, 0.717) is 31.2 Å². The number of hydrogen-bond acceptors (Lipinski definition) is 3.